The summed E-state index contributed by atoms with van der Waals surface area (Å²) in [5.74, 6) is -0.828. The molecule has 0 aromatic heterocycles. The lowest BCUT2D eigenvalue weighted by Gasteiger charge is -2.15. The summed E-state index contributed by atoms with van der Waals surface area (Å²) in [4.78, 5) is 22.6. The Bertz CT molecular complexity index is 801. The van der Waals surface area contributed by atoms with Crippen molar-refractivity contribution in [3.05, 3.63) is 54.1 Å². The standard InChI is InChI=1S/C23H27F3O5/c24-23(25,26)17-6-5-7-19(14-17)31-15-18(27)12-10-16-11-13-21(28)20(16)8-3-1-2-4-9-22(29)30/h1-2,5-7,10,12,14,16,18,20,27H,3-4,8-9,11,13,15H2,(H,29,30)/t16-,18?,20-/m0/s1. The highest BCUT2D eigenvalue weighted by molar-refractivity contribution is 5.83. The van der Waals surface area contributed by atoms with E-state index in [0.717, 1.165) is 12.1 Å². The van der Waals surface area contributed by atoms with Crippen LogP contribution >= 0.6 is 0 Å². The van der Waals surface area contributed by atoms with Gasteiger partial charge in [0, 0.05) is 18.8 Å². The first-order valence-corrected chi connectivity index (χ1v) is 10.2. The molecule has 1 aliphatic rings. The highest BCUT2D eigenvalue weighted by Gasteiger charge is 2.32. The van der Waals surface area contributed by atoms with E-state index in [1.807, 2.05) is 6.08 Å². The lowest BCUT2D eigenvalue weighted by Crippen LogP contribution is -2.17. The van der Waals surface area contributed by atoms with Crippen molar-refractivity contribution >= 4 is 11.8 Å². The zero-order valence-corrected chi connectivity index (χ0v) is 17.1. The van der Waals surface area contributed by atoms with Crippen LogP contribution in [0.15, 0.2) is 48.6 Å². The molecule has 2 N–H and O–H groups in total. The van der Waals surface area contributed by atoms with Gasteiger partial charge < -0.3 is 14.9 Å². The number of rotatable bonds is 11. The minimum Gasteiger partial charge on any atom is -0.491 e. The lowest BCUT2D eigenvalue weighted by atomic mass is 9.90. The second-order valence-corrected chi connectivity index (χ2v) is 7.55. The molecule has 3 atom stereocenters. The molecule has 1 saturated carbocycles. The summed E-state index contributed by atoms with van der Waals surface area (Å²) in [5.41, 5.74) is -0.820. The third-order valence-electron chi connectivity index (χ3n) is 5.15. The molecule has 31 heavy (non-hydrogen) atoms. The molecule has 1 aromatic carbocycles. The van der Waals surface area contributed by atoms with E-state index < -0.39 is 23.8 Å². The topological polar surface area (TPSA) is 83.8 Å². The van der Waals surface area contributed by atoms with Gasteiger partial charge in [0.05, 0.1) is 5.56 Å². The van der Waals surface area contributed by atoms with Gasteiger partial charge in [0.1, 0.15) is 24.2 Å². The second-order valence-electron chi connectivity index (χ2n) is 7.55. The Morgan fingerprint density at radius 2 is 2.00 bits per heavy atom. The SMILES string of the molecule is O=C(O)CCC=CCC[C@@H]1C(=O)CC[C@@H]1C=CC(O)COc1cccc(C(F)(F)F)c1. The van der Waals surface area contributed by atoms with Crippen LogP contribution in [0.2, 0.25) is 0 Å². The Labute approximate surface area is 179 Å². The minimum atomic E-state index is -4.46. The first-order valence-electron chi connectivity index (χ1n) is 10.2. The highest BCUT2D eigenvalue weighted by Crippen LogP contribution is 2.34. The monoisotopic (exact) mass is 440 g/mol. The van der Waals surface area contributed by atoms with Gasteiger partial charge in [-0.25, -0.2) is 0 Å². The van der Waals surface area contributed by atoms with E-state index in [9.17, 15) is 27.9 Å². The quantitative estimate of drug-likeness (QED) is 0.483. The molecular formula is C23H27F3O5. The van der Waals surface area contributed by atoms with Crippen LogP contribution in [0.1, 0.15) is 44.1 Å². The van der Waals surface area contributed by atoms with Crippen molar-refractivity contribution in [3.8, 4) is 5.75 Å². The molecule has 1 aliphatic carbocycles. The van der Waals surface area contributed by atoms with Crippen LogP contribution < -0.4 is 4.74 Å². The van der Waals surface area contributed by atoms with Gasteiger partial charge in [-0.1, -0.05) is 30.4 Å². The van der Waals surface area contributed by atoms with Crippen molar-refractivity contribution in [2.24, 2.45) is 11.8 Å². The van der Waals surface area contributed by atoms with Crippen LogP contribution in [0.4, 0.5) is 13.2 Å². The van der Waals surface area contributed by atoms with E-state index in [4.69, 9.17) is 9.84 Å². The number of allylic oxidation sites excluding steroid dienone is 3. The van der Waals surface area contributed by atoms with Crippen LogP contribution in [0.3, 0.4) is 0 Å². The molecule has 1 unspecified atom stereocenters. The first-order chi connectivity index (χ1) is 14.7. The van der Waals surface area contributed by atoms with Crippen LogP contribution in [0.25, 0.3) is 0 Å². The normalized spacial score (nSPS) is 20.6. The van der Waals surface area contributed by atoms with Crippen molar-refractivity contribution in [3.63, 3.8) is 0 Å². The van der Waals surface area contributed by atoms with Gasteiger partial charge in [-0.3, -0.25) is 9.59 Å². The fraction of sp³-hybridized carbons (Fsp3) is 0.478. The van der Waals surface area contributed by atoms with Crippen LogP contribution in [-0.2, 0) is 15.8 Å². The summed E-state index contributed by atoms with van der Waals surface area (Å²) in [5, 5.41) is 18.7. The number of Topliss-reactive ketones (excluding diaryl/α,β-unsaturated/α-hetero) is 1. The molecule has 0 aliphatic heterocycles. The molecule has 1 fully saturated rings. The van der Waals surface area contributed by atoms with Crippen molar-refractivity contribution < 1.29 is 37.7 Å². The molecular weight excluding hydrogens is 413 g/mol. The van der Waals surface area contributed by atoms with E-state index in [-0.39, 0.29) is 36.4 Å². The summed E-state index contributed by atoms with van der Waals surface area (Å²) in [7, 11) is 0. The number of carboxylic acid groups (broad SMARTS) is 1. The van der Waals surface area contributed by atoms with Gasteiger partial charge in [-0.15, -0.1) is 0 Å². The van der Waals surface area contributed by atoms with E-state index in [1.165, 1.54) is 18.2 Å². The number of carbonyl (C=O) groups is 2. The predicted molar refractivity (Wildman–Crippen MR) is 109 cm³/mol. The molecule has 170 valence electrons. The second kappa shape index (κ2) is 11.7. The van der Waals surface area contributed by atoms with Crippen molar-refractivity contribution in [2.45, 2.75) is 50.8 Å². The van der Waals surface area contributed by atoms with Crippen LogP contribution in [0.5, 0.6) is 5.75 Å². The molecule has 0 saturated heterocycles. The number of ether oxygens (including phenoxy) is 1. The number of carboxylic acids is 1. The molecule has 5 nitrogen and oxygen atoms in total. The average molecular weight is 440 g/mol. The number of aliphatic hydroxyl groups excluding tert-OH is 1. The van der Waals surface area contributed by atoms with E-state index in [0.29, 0.717) is 32.1 Å². The maximum atomic E-state index is 12.7. The zero-order chi connectivity index (χ0) is 22.9. The van der Waals surface area contributed by atoms with Crippen LogP contribution in [0, 0.1) is 11.8 Å². The molecule has 1 aromatic rings. The van der Waals surface area contributed by atoms with Gasteiger partial charge in [0.15, 0.2) is 0 Å². The number of ketones is 1. The van der Waals surface area contributed by atoms with E-state index in [1.54, 1.807) is 12.2 Å². The summed E-state index contributed by atoms with van der Waals surface area (Å²) in [6, 6.07) is 4.46. The fourth-order valence-electron chi connectivity index (χ4n) is 3.53. The van der Waals surface area contributed by atoms with Crippen molar-refractivity contribution in [1.82, 2.24) is 0 Å². The Balaban J connectivity index is 1.81. The fourth-order valence-corrected chi connectivity index (χ4v) is 3.53. The third kappa shape index (κ3) is 8.57. The number of carbonyl (C=O) groups excluding carboxylic acids is 1. The minimum absolute atomic E-state index is 0.0110. The molecule has 0 radical (unpaired) electrons. The Hall–Kier alpha value is -2.61. The van der Waals surface area contributed by atoms with Gasteiger partial charge in [0.25, 0.3) is 0 Å². The third-order valence-corrected chi connectivity index (χ3v) is 5.15. The van der Waals surface area contributed by atoms with Gasteiger partial charge in [0.2, 0.25) is 0 Å². The summed E-state index contributed by atoms with van der Waals surface area (Å²) in [6.07, 6.45) is 4.50. The Morgan fingerprint density at radius 1 is 1.26 bits per heavy atom. The Morgan fingerprint density at radius 3 is 2.71 bits per heavy atom. The number of aliphatic hydroxyl groups is 1. The van der Waals surface area contributed by atoms with Gasteiger partial charge in [-0.2, -0.15) is 13.2 Å². The number of aliphatic carboxylic acids is 1. The van der Waals surface area contributed by atoms with Crippen molar-refractivity contribution in [1.29, 1.82) is 0 Å². The molecule has 0 amide bonds. The van der Waals surface area contributed by atoms with Gasteiger partial charge in [-0.05, 0) is 49.8 Å². The molecule has 2 rings (SSSR count). The number of hydrogen-bond donors (Lipinski definition) is 2. The van der Waals surface area contributed by atoms with Crippen molar-refractivity contribution in [2.75, 3.05) is 6.61 Å². The van der Waals surface area contributed by atoms with E-state index in [2.05, 4.69) is 0 Å². The highest BCUT2D eigenvalue weighted by atomic mass is 19.4. The number of hydrogen-bond acceptors (Lipinski definition) is 4. The number of halogens is 3. The maximum Gasteiger partial charge on any atom is 0.416 e. The summed E-state index contributed by atoms with van der Waals surface area (Å²) in [6.45, 7) is -0.199. The summed E-state index contributed by atoms with van der Waals surface area (Å²) >= 11 is 0. The molecule has 8 heteroatoms. The van der Waals surface area contributed by atoms with Crippen LogP contribution in [-0.4, -0.2) is 34.7 Å². The zero-order valence-electron chi connectivity index (χ0n) is 17.1. The Kier molecular flexibility index (Phi) is 9.30. The molecule has 0 bridgehead atoms. The van der Waals surface area contributed by atoms with Gasteiger partial charge >= 0.3 is 12.1 Å². The summed E-state index contributed by atoms with van der Waals surface area (Å²) < 4.78 is 43.5. The maximum absolute atomic E-state index is 12.7. The first kappa shape index (κ1) is 24.7. The predicted octanol–water partition coefficient (Wildman–Crippen LogP) is 4.80. The van der Waals surface area contributed by atoms with E-state index >= 15 is 0 Å². The molecule has 0 spiro atoms. The number of benzene rings is 1. The lowest BCUT2D eigenvalue weighted by molar-refractivity contribution is -0.138. The number of alkyl halides is 3. The average Bonchev–Trinajstić information content (AvgIpc) is 3.06. The smallest absolute Gasteiger partial charge is 0.416 e. The largest absolute Gasteiger partial charge is 0.491 e. The molecule has 0 heterocycles.